The van der Waals surface area contributed by atoms with E-state index in [1.807, 2.05) is 23.6 Å². The van der Waals surface area contributed by atoms with Gasteiger partial charge in [0.15, 0.2) is 11.5 Å². The lowest BCUT2D eigenvalue weighted by Crippen LogP contribution is -2.25. The molecule has 0 radical (unpaired) electrons. The number of fused-ring (bicyclic) bond motifs is 1. The highest BCUT2D eigenvalue weighted by Crippen LogP contribution is 2.39. The summed E-state index contributed by atoms with van der Waals surface area (Å²) >= 11 is 1.62. The fourth-order valence-electron chi connectivity index (χ4n) is 3.30. The summed E-state index contributed by atoms with van der Waals surface area (Å²) in [5, 5.41) is 12.4. The second-order valence-electron chi connectivity index (χ2n) is 6.48. The molecule has 1 aliphatic heterocycles. The first kappa shape index (κ1) is 17.8. The van der Waals surface area contributed by atoms with Gasteiger partial charge in [-0.15, -0.1) is 11.3 Å². The highest BCUT2D eigenvalue weighted by atomic mass is 32.1. The van der Waals surface area contributed by atoms with E-state index in [9.17, 15) is 9.50 Å². The molecule has 6 heteroatoms. The number of aromatic hydroxyl groups is 1. The molecule has 0 bridgehead atoms. The van der Waals surface area contributed by atoms with Crippen molar-refractivity contribution in [2.24, 2.45) is 0 Å². The maximum atomic E-state index is 14.3. The molecule has 4 rings (SSSR count). The van der Waals surface area contributed by atoms with Gasteiger partial charge in [-0.1, -0.05) is 12.1 Å². The number of halogens is 1. The molecule has 0 unspecified atom stereocenters. The van der Waals surface area contributed by atoms with Crippen LogP contribution in [-0.2, 0) is 13.1 Å². The summed E-state index contributed by atoms with van der Waals surface area (Å²) in [5.41, 5.74) is 2.48. The van der Waals surface area contributed by atoms with Crippen LogP contribution in [0.25, 0.3) is 10.4 Å². The van der Waals surface area contributed by atoms with Gasteiger partial charge in [-0.25, -0.2) is 4.39 Å². The molecule has 0 amide bonds. The highest BCUT2D eigenvalue weighted by molar-refractivity contribution is 7.13. The Labute approximate surface area is 161 Å². The molecule has 0 atom stereocenters. The van der Waals surface area contributed by atoms with Crippen molar-refractivity contribution >= 4 is 11.3 Å². The van der Waals surface area contributed by atoms with Gasteiger partial charge in [-0.3, -0.25) is 4.90 Å². The van der Waals surface area contributed by atoms with Crippen molar-refractivity contribution in [3.05, 3.63) is 64.8 Å². The predicted octanol–water partition coefficient (Wildman–Crippen LogP) is 4.66. The molecule has 0 aliphatic carbocycles. The predicted molar refractivity (Wildman–Crippen MR) is 104 cm³/mol. The van der Waals surface area contributed by atoms with Gasteiger partial charge in [0.05, 0.1) is 7.11 Å². The number of ether oxygens (including phenoxy) is 2. The van der Waals surface area contributed by atoms with Gasteiger partial charge in [-0.05, 0) is 35.2 Å². The summed E-state index contributed by atoms with van der Waals surface area (Å²) in [6, 6.07) is 12.7. The second kappa shape index (κ2) is 7.58. The summed E-state index contributed by atoms with van der Waals surface area (Å²) in [6.45, 7) is 2.13. The standard InChI is InChI=1S/C21H20FNO3S/c1-25-17-5-4-14(18(22)11-17)12-23-6-7-26-21-16(13-23)9-15(10-19(21)24)20-3-2-8-27-20/h2-5,8-11,24H,6-7,12-13H2,1H3. The summed E-state index contributed by atoms with van der Waals surface area (Å²) in [4.78, 5) is 3.21. The normalized spacial score (nSPS) is 14.3. The summed E-state index contributed by atoms with van der Waals surface area (Å²) in [6.07, 6.45) is 0. The van der Waals surface area contributed by atoms with Gasteiger partial charge >= 0.3 is 0 Å². The molecule has 0 saturated heterocycles. The third-order valence-corrected chi connectivity index (χ3v) is 5.57. The Balaban J connectivity index is 1.60. The van der Waals surface area contributed by atoms with Crippen molar-refractivity contribution in [2.45, 2.75) is 13.1 Å². The Kier molecular flexibility index (Phi) is 5.01. The van der Waals surface area contributed by atoms with Crippen molar-refractivity contribution in [3.63, 3.8) is 0 Å². The van der Waals surface area contributed by atoms with Crippen LogP contribution in [0.1, 0.15) is 11.1 Å². The molecular formula is C21H20FNO3S. The minimum Gasteiger partial charge on any atom is -0.504 e. The van der Waals surface area contributed by atoms with E-state index in [2.05, 4.69) is 4.90 Å². The Morgan fingerprint density at radius 3 is 2.89 bits per heavy atom. The Morgan fingerprint density at radius 2 is 2.15 bits per heavy atom. The van der Waals surface area contributed by atoms with Gasteiger partial charge in [0.1, 0.15) is 18.2 Å². The lowest BCUT2D eigenvalue weighted by Gasteiger charge is -2.20. The van der Waals surface area contributed by atoms with Gasteiger partial charge in [0, 0.05) is 41.7 Å². The van der Waals surface area contributed by atoms with Crippen LogP contribution < -0.4 is 9.47 Å². The number of hydrogen-bond donors (Lipinski definition) is 1. The fourth-order valence-corrected chi connectivity index (χ4v) is 4.01. The summed E-state index contributed by atoms with van der Waals surface area (Å²) in [5.74, 6) is 0.891. The van der Waals surface area contributed by atoms with Crippen LogP contribution >= 0.6 is 11.3 Å². The highest BCUT2D eigenvalue weighted by Gasteiger charge is 2.21. The number of methoxy groups -OCH3 is 1. The third-order valence-electron chi connectivity index (χ3n) is 4.65. The van der Waals surface area contributed by atoms with E-state index in [1.54, 1.807) is 29.5 Å². The van der Waals surface area contributed by atoms with E-state index < -0.39 is 0 Å². The quantitative estimate of drug-likeness (QED) is 0.709. The van der Waals surface area contributed by atoms with E-state index in [1.165, 1.54) is 13.2 Å². The van der Waals surface area contributed by atoms with E-state index in [4.69, 9.17) is 9.47 Å². The van der Waals surface area contributed by atoms with Crippen LogP contribution in [0.2, 0.25) is 0 Å². The van der Waals surface area contributed by atoms with Crippen molar-refractivity contribution in [1.29, 1.82) is 0 Å². The SMILES string of the molecule is COc1ccc(CN2CCOc3c(O)cc(-c4cccs4)cc3C2)c(F)c1. The number of rotatable bonds is 4. The molecule has 2 heterocycles. The molecule has 140 valence electrons. The van der Waals surface area contributed by atoms with Crippen molar-refractivity contribution in [2.75, 3.05) is 20.3 Å². The van der Waals surface area contributed by atoms with E-state index in [0.29, 0.717) is 43.3 Å². The Hall–Kier alpha value is -2.57. The lowest BCUT2D eigenvalue weighted by molar-refractivity contribution is 0.215. The zero-order chi connectivity index (χ0) is 18.8. The van der Waals surface area contributed by atoms with Gasteiger partial charge in [0.25, 0.3) is 0 Å². The number of thiophene rings is 1. The molecular weight excluding hydrogens is 365 g/mol. The van der Waals surface area contributed by atoms with E-state index in [0.717, 1.165) is 16.0 Å². The van der Waals surface area contributed by atoms with Crippen molar-refractivity contribution in [1.82, 2.24) is 4.90 Å². The number of phenols is 1. The smallest absolute Gasteiger partial charge is 0.165 e. The van der Waals surface area contributed by atoms with Gasteiger partial charge in [-0.2, -0.15) is 0 Å². The van der Waals surface area contributed by atoms with E-state index in [-0.39, 0.29) is 11.6 Å². The molecule has 1 N–H and O–H groups in total. The molecule has 2 aromatic carbocycles. The minimum atomic E-state index is -0.282. The molecule has 0 fully saturated rings. The lowest BCUT2D eigenvalue weighted by atomic mass is 10.1. The molecule has 0 saturated carbocycles. The van der Waals surface area contributed by atoms with Crippen molar-refractivity contribution < 1.29 is 19.0 Å². The average Bonchev–Trinajstić information content (AvgIpc) is 3.12. The first-order valence-corrected chi connectivity index (χ1v) is 9.59. The van der Waals surface area contributed by atoms with Crippen LogP contribution in [0.15, 0.2) is 47.8 Å². The third kappa shape index (κ3) is 3.77. The number of phenolic OH excluding ortho intramolecular Hbond substituents is 1. The van der Waals surface area contributed by atoms with Crippen LogP contribution in [-0.4, -0.2) is 30.3 Å². The first-order chi connectivity index (χ1) is 13.1. The fraction of sp³-hybridized carbons (Fsp3) is 0.238. The largest absolute Gasteiger partial charge is 0.504 e. The molecule has 4 nitrogen and oxygen atoms in total. The van der Waals surface area contributed by atoms with Gasteiger partial charge < -0.3 is 14.6 Å². The zero-order valence-electron chi connectivity index (χ0n) is 14.9. The second-order valence-corrected chi connectivity index (χ2v) is 7.43. The van der Waals surface area contributed by atoms with Crippen LogP contribution in [0.4, 0.5) is 4.39 Å². The zero-order valence-corrected chi connectivity index (χ0v) is 15.8. The van der Waals surface area contributed by atoms with Crippen LogP contribution in [0, 0.1) is 5.82 Å². The van der Waals surface area contributed by atoms with Crippen LogP contribution in [0.3, 0.4) is 0 Å². The van der Waals surface area contributed by atoms with E-state index >= 15 is 0 Å². The number of benzene rings is 2. The Bertz CT molecular complexity index is 943. The summed E-state index contributed by atoms with van der Waals surface area (Å²) < 4.78 is 25.2. The van der Waals surface area contributed by atoms with Crippen LogP contribution in [0.5, 0.6) is 17.2 Å². The molecule has 0 spiro atoms. The average molecular weight is 385 g/mol. The van der Waals surface area contributed by atoms with Gasteiger partial charge in [0.2, 0.25) is 0 Å². The molecule has 3 aromatic rings. The monoisotopic (exact) mass is 385 g/mol. The minimum absolute atomic E-state index is 0.147. The Morgan fingerprint density at radius 1 is 1.26 bits per heavy atom. The van der Waals surface area contributed by atoms with Crippen molar-refractivity contribution in [3.8, 4) is 27.7 Å². The number of hydrogen-bond acceptors (Lipinski definition) is 5. The molecule has 1 aromatic heterocycles. The molecule has 1 aliphatic rings. The maximum Gasteiger partial charge on any atom is 0.165 e. The number of nitrogens with zero attached hydrogens (tertiary/aromatic N) is 1. The topological polar surface area (TPSA) is 41.9 Å². The molecule has 27 heavy (non-hydrogen) atoms. The first-order valence-electron chi connectivity index (χ1n) is 8.71. The summed E-state index contributed by atoms with van der Waals surface area (Å²) in [7, 11) is 1.52. The maximum absolute atomic E-state index is 14.3.